The first-order valence-corrected chi connectivity index (χ1v) is 12.7. The van der Waals surface area contributed by atoms with Gasteiger partial charge in [0.2, 0.25) is 0 Å². The van der Waals surface area contributed by atoms with Gasteiger partial charge in [-0.1, -0.05) is 29.0 Å². The molecular formula is C25H26ClF3N2O3S. The minimum absolute atomic E-state index is 0.170. The Kier molecular flexibility index (Phi) is 8.06. The lowest BCUT2D eigenvalue weighted by Crippen LogP contribution is -2.34. The van der Waals surface area contributed by atoms with Crippen molar-refractivity contribution in [3.05, 3.63) is 52.5 Å². The molecule has 0 saturated carbocycles. The molecule has 0 spiro atoms. The summed E-state index contributed by atoms with van der Waals surface area (Å²) < 4.78 is 50.4. The number of benzene rings is 2. The minimum atomic E-state index is -4.36. The summed E-state index contributed by atoms with van der Waals surface area (Å²) >= 11 is 7.56. The average molecular weight is 527 g/mol. The maximum absolute atomic E-state index is 13.0. The summed E-state index contributed by atoms with van der Waals surface area (Å²) in [4.78, 5) is 18.4. The van der Waals surface area contributed by atoms with E-state index in [0.29, 0.717) is 40.1 Å². The van der Waals surface area contributed by atoms with Crippen molar-refractivity contribution in [3.8, 4) is 5.75 Å². The van der Waals surface area contributed by atoms with Crippen molar-refractivity contribution in [3.63, 3.8) is 0 Å². The number of carbonyl (C=O) groups is 1. The van der Waals surface area contributed by atoms with E-state index in [2.05, 4.69) is 9.88 Å². The van der Waals surface area contributed by atoms with Gasteiger partial charge in [-0.25, -0.2) is 4.98 Å². The molecule has 0 N–H and O–H groups in total. The van der Waals surface area contributed by atoms with Crippen LogP contribution in [0, 0.1) is 5.92 Å². The number of nitrogens with zero attached hydrogens (tertiary/aromatic N) is 2. The largest absolute Gasteiger partial charge is 0.492 e. The molecule has 2 heterocycles. The molecule has 2 aromatic carbocycles. The van der Waals surface area contributed by atoms with E-state index in [1.807, 2.05) is 0 Å². The van der Waals surface area contributed by atoms with Crippen LogP contribution in [0.5, 0.6) is 5.75 Å². The Morgan fingerprint density at radius 2 is 1.97 bits per heavy atom. The smallest absolute Gasteiger partial charge is 0.416 e. The lowest BCUT2D eigenvalue weighted by atomic mass is 9.94. The average Bonchev–Trinajstić information content (AvgIpc) is 3.25. The number of ether oxygens (including phenoxy) is 2. The Bertz CT molecular complexity index is 1180. The number of halogens is 4. The lowest BCUT2D eigenvalue weighted by Gasteiger charge is -2.31. The summed E-state index contributed by atoms with van der Waals surface area (Å²) in [7, 11) is 0. The fourth-order valence-corrected chi connectivity index (χ4v) is 5.35. The number of anilines is 1. The second-order valence-electron chi connectivity index (χ2n) is 8.49. The van der Waals surface area contributed by atoms with Crippen molar-refractivity contribution >= 4 is 44.3 Å². The van der Waals surface area contributed by atoms with E-state index in [1.54, 1.807) is 25.1 Å². The van der Waals surface area contributed by atoms with Crippen LogP contribution in [-0.4, -0.2) is 37.3 Å². The first-order valence-electron chi connectivity index (χ1n) is 11.5. The highest BCUT2D eigenvalue weighted by molar-refractivity contribution is 7.22. The third-order valence-corrected chi connectivity index (χ3v) is 7.41. The molecule has 1 aliphatic heterocycles. The molecule has 1 fully saturated rings. The molecule has 0 amide bonds. The Hall–Kier alpha value is -2.52. The van der Waals surface area contributed by atoms with Gasteiger partial charge in [-0.2, -0.15) is 13.2 Å². The van der Waals surface area contributed by atoms with Crippen LogP contribution in [0.2, 0.25) is 5.02 Å². The van der Waals surface area contributed by atoms with E-state index in [9.17, 15) is 18.0 Å². The highest BCUT2D eigenvalue weighted by Crippen LogP contribution is 2.36. The molecule has 0 bridgehead atoms. The number of aromatic nitrogens is 1. The molecule has 4 rings (SSSR count). The Morgan fingerprint density at radius 3 is 2.69 bits per heavy atom. The molecular weight excluding hydrogens is 501 g/mol. The van der Waals surface area contributed by atoms with Crippen molar-refractivity contribution in [1.29, 1.82) is 0 Å². The van der Waals surface area contributed by atoms with Crippen LogP contribution in [0.4, 0.5) is 18.3 Å². The molecule has 188 valence electrons. The fraction of sp³-hybridized carbons (Fsp3) is 0.440. The molecule has 1 aliphatic rings. The molecule has 0 atom stereocenters. The van der Waals surface area contributed by atoms with Crippen molar-refractivity contribution in [2.24, 2.45) is 5.92 Å². The van der Waals surface area contributed by atoms with Crippen molar-refractivity contribution in [2.45, 2.75) is 38.8 Å². The Labute approximate surface area is 210 Å². The van der Waals surface area contributed by atoms with Crippen molar-refractivity contribution < 1.29 is 27.4 Å². The second-order valence-corrected chi connectivity index (χ2v) is 9.91. The van der Waals surface area contributed by atoms with Gasteiger partial charge in [0.1, 0.15) is 5.75 Å². The molecule has 0 aliphatic carbocycles. The highest BCUT2D eigenvalue weighted by Gasteiger charge is 2.31. The standard InChI is InChI=1S/C25H26ClF3N2O3S/c1-2-33-23(32)14-17-3-5-19(26)21(13-17)34-12-9-16-7-10-31(11-8-16)24-30-20-6-4-18(25(27,28)29)15-22(20)35-24/h3-6,13,15-16H,2,7-12,14H2,1H3. The number of esters is 1. The third-order valence-electron chi connectivity index (χ3n) is 6.02. The van der Waals surface area contributed by atoms with Gasteiger partial charge in [0.25, 0.3) is 0 Å². The molecule has 0 radical (unpaired) electrons. The predicted octanol–water partition coefficient (Wildman–Crippen LogP) is 6.76. The highest BCUT2D eigenvalue weighted by atomic mass is 35.5. The maximum Gasteiger partial charge on any atom is 0.416 e. The van der Waals surface area contributed by atoms with Gasteiger partial charge in [0.15, 0.2) is 5.13 Å². The van der Waals surface area contributed by atoms with Gasteiger partial charge in [0, 0.05) is 13.1 Å². The van der Waals surface area contributed by atoms with Gasteiger partial charge in [-0.15, -0.1) is 0 Å². The number of rotatable bonds is 8. The number of piperidine rings is 1. The van der Waals surface area contributed by atoms with Crippen molar-refractivity contribution in [1.82, 2.24) is 4.98 Å². The van der Waals surface area contributed by atoms with E-state index < -0.39 is 11.7 Å². The van der Waals surface area contributed by atoms with Crippen LogP contribution in [0.15, 0.2) is 36.4 Å². The second kappa shape index (κ2) is 11.0. The van der Waals surface area contributed by atoms with E-state index in [0.717, 1.165) is 49.1 Å². The molecule has 10 heteroatoms. The zero-order chi connectivity index (χ0) is 25.0. The molecule has 1 saturated heterocycles. The molecule has 0 unspecified atom stereocenters. The normalized spacial score (nSPS) is 14.9. The molecule has 5 nitrogen and oxygen atoms in total. The van der Waals surface area contributed by atoms with Gasteiger partial charge >= 0.3 is 12.1 Å². The number of carbonyl (C=O) groups excluding carboxylic acids is 1. The quantitative estimate of drug-likeness (QED) is 0.303. The van der Waals surface area contributed by atoms with E-state index in [-0.39, 0.29) is 12.4 Å². The number of fused-ring (bicyclic) bond motifs is 1. The van der Waals surface area contributed by atoms with Crippen LogP contribution in [0.25, 0.3) is 10.2 Å². The molecule has 3 aromatic rings. The van der Waals surface area contributed by atoms with E-state index >= 15 is 0 Å². The molecule has 1 aromatic heterocycles. The topological polar surface area (TPSA) is 51.7 Å². The zero-order valence-corrected chi connectivity index (χ0v) is 20.8. The van der Waals surface area contributed by atoms with E-state index in [1.165, 1.54) is 23.5 Å². The van der Waals surface area contributed by atoms with Crippen LogP contribution in [-0.2, 0) is 22.1 Å². The SMILES string of the molecule is CCOC(=O)Cc1ccc(Cl)c(OCCC2CCN(c3nc4ccc(C(F)(F)F)cc4s3)CC2)c1. The Balaban J connectivity index is 1.27. The van der Waals surface area contributed by atoms with Crippen LogP contribution in [0.3, 0.4) is 0 Å². The van der Waals surface area contributed by atoms with E-state index in [4.69, 9.17) is 21.1 Å². The molecule has 35 heavy (non-hydrogen) atoms. The number of hydrogen-bond donors (Lipinski definition) is 0. The Morgan fingerprint density at radius 1 is 1.20 bits per heavy atom. The summed E-state index contributed by atoms with van der Waals surface area (Å²) in [6, 6.07) is 8.98. The van der Waals surface area contributed by atoms with Crippen LogP contribution in [0.1, 0.15) is 37.3 Å². The minimum Gasteiger partial charge on any atom is -0.492 e. The summed E-state index contributed by atoms with van der Waals surface area (Å²) in [5.41, 5.74) is 0.732. The first kappa shape index (κ1) is 25.6. The summed E-state index contributed by atoms with van der Waals surface area (Å²) in [5.74, 6) is 0.735. The monoisotopic (exact) mass is 526 g/mol. The predicted molar refractivity (Wildman–Crippen MR) is 131 cm³/mol. The fourth-order valence-electron chi connectivity index (χ4n) is 4.12. The lowest BCUT2D eigenvalue weighted by molar-refractivity contribution is -0.142. The van der Waals surface area contributed by atoms with Crippen LogP contribution < -0.4 is 9.64 Å². The van der Waals surface area contributed by atoms with Gasteiger partial charge < -0.3 is 14.4 Å². The van der Waals surface area contributed by atoms with Gasteiger partial charge in [0.05, 0.1) is 40.4 Å². The number of hydrogen-bond acceptors (Lipinski definition) is 6. The third kappa shape index (κ3) is 6.58. The van der Waals surface area contributed by atoms with Gasteiger partial charge in [-0.3, -0.25) is 4.79 Å². The summed E-state index contributed by atoms with van der Waals surface area (Å²) in [5, 5.41) is 1.26. The summed E-state index contributed by atoms with van der Waals surface area (Å²) in [6.45, 7) is 4.21. The first-order chi connectivity index (χ1) is 16.7. The number of alkyl halides is 3. The zero-order valence-electron chi connectivity index (χ0n) is 19.2. The van der Waals surface area contributed by atoms with Crippen LogP contribution >= 0.6 is 22.9 Å². The summed E-state index contributed by atoms with van der Waals surface area (Å²) in [6.07, 6.45) is -1.43. The number of thiazole rings is 1. The maximum atomic E-state index is 13.0. The van der Waals surface area contributed by atoms with Crippen molar-refractivity contribution in [2.75, 3.05) is 31.2 Å². The van der Waals surface area contributed by atoms with Gasteiger partial charge in [-0.05, 0) is 68.0 Å².